The number of aromatic nitrogens is 5. The molecule has 1 N–H and O–H groups in total. The lowest BCUT2D eigenvalue weighted by Gasteiger charge is -2.14. The molecule has 0 saturated carbocycles. The van der Waals surface area contributed by atoms with Gasteiger partial charge in [-0.1, -0.05) is 23.2 Å². The lowest BCUT2D eigenvalue weighted by molar-refractivity contribution is 0.493. The summed E-state index contributed by atoms with van der Waals surface area (Å²) in [5.74, 6) is 0. The maximum absolute atomic E-state index is 12.5. The number of rotatable bonds is 6. The zero-order chi connectivity index (χ0) is 19.6. The van der Waals surface area contributed by atoms with Crippen LogP contribution in [0, 0.1) is 0 Å². The van der Waals surface area contributed by atoms with Crippen LogP contribution in [0.2, 0.25) is 10.0 Å². The van der Waals surface area contributed by atoms with E-state index in [1.807, 2.05) is 0 Å². The van der Waals surface area contributed by atoms with Crippen LogP contribution in [-0.2, 0) is 16.6 Å². The van der Waals surface area contributed by atoms with E-state index in [0.717, 1.165) is 4.68 Å². The second-order valence-corrected chi connectivity index (χ2v) is 8.16. The molecular formula is C15H14Cl2N6O3S. The normalized spacial score (nSPS) is 12.9. The quantitative estimate of drug-likeness (QED) is 0.636. The molecule has 2 aromatic heterocycles. The minimum Gasteiger partial charge on any atom is -0.266 e. The Morgan fingerprint density at radius 1 is 1.19 bits per heavy atom. The van der Waals surface area contributed by atoms with Crippen molar-refractivity contribution in [1.82, 2.24) is 29.3 Å². The number of benzene rings is 1. The van der Waals surface area contributed by atoms with Crippen LogP contribution in [0.4, 0.5) is 0 Å². The van der Waals surface area contributed by atoms with Crippen molar-refractivity contribution in [2.24, 2.45) is 0 Å². The Bertz CT molecular complexity index is 1100. The number of nitrogens with one attached hydrogen (secondary N) is 1. The molecule has 0 aliphatic rings. The summed E-state index contributed by atoms with van der Waals surface area (Å²) in [5.41, 5.74) is -0.243. The fraction of sp³-hybridized carbons (Fsp3) is 0.200. The van der Waals surface area contributed by atoms with E-state index in [4.69, 9.17) is 23.2 Å². The fourth-order valence-electron chi connectivity index (χ4n) is 2.34. The highest BCUT2D eigenvalue weighted by Crippen LogP contribution is 2.17. The highest BCUT2D eigenvalue weighted by Gasteiger charge is 2.18. The highest BCUT2D eigenvalue weighted by atomic mass is 35.5. The molecule has 0 aliphatic heterocycles. The molecular weight excluding hydrogens is 415 g/mol. The minimum atomic E-state index is -3.75. The molecule has 142 valence electrons. The number of nitrogens with zero attached hydrogens (tertiary/aromatic N) is 5. The molecule has 3 rings (SSSR count). The number of halogens is 2. The summed E-state index contributed by atoms with van der Waals surface area (Å²) in [5, 5.41) is 7.72. The molecule has 9 nitrogen and oxygen atoms in total. The average Bonchev–Trinajstić information content (AvgIpc) is 3.12. The first-order valence-electron chi connectivity index (χ1n) is 7.66. The van der Waals surface area contributed by atoms with Crippen LogP contribution in [0.3, 0.4) is 0 Å². The molecule has 27 heavy (non-hydrogen) atoms. The van der Waals surface area contributed by atoms with Gasteiger partial charge in [-0.15, -0.1) is 0 Å². The number of hydrogen-bond donors (Lipinski definition) is 1. The van der Waals surface area contributed by atoms with Crippen LogP contribution in [0.25, 0.3) is 5.69 Å². The summed E-state index contributed by atoms with van der Waals surface area (Å²) in [6, 6.07) is 5.24. The van der Waals surface area contributed by atoms with Crippen molar-refractivity contribution in [2.45, 2.75) is 24.4 Å². The standard InChI is InChI=1S/C15H14Cl2N6O3S/c1-10(7-22-9-18-8-20-22)21-27(25,26)12-4-2-11(3-5-12)23-15(24)14(17)13(16)6-19-23/h2-6,8-10,21H,7H2,1H3. The maximum atomic E-state index is 12.5. The van der Waals surface area contributed by atoms with Gasteiger partial charge in [0.2, 0.25) is 10.0 Å². The van der Waals surface area contributed by atoms with Gasteiger partial charge in [-0.05, 0) is 31.2 Å². The Labute approximate surface area is 164 Å². The summed E-state index contributed by atoms with van der Waals surface area (Å²) in [6.07, 6.45) is 4.11. The zero-order valence-corrected chi connectivity index (χ0v) is 16.3. The Hall–Kier alpha value is -2.27. The monoisotopic (exact) mass is 428 g/mol. The van der Waals surface area contributed by atoms with Crippen LogP contribution in [0.15, 0.2) is 52.8 Å². The van der Waals surface area contributed by atoms with Crippen LogP contribution in [0.5, 0.6) is 0 Å². The third-order valence-corrected chi connectivity index (χ3v) is 5.91. The van der Waals surface area contributed by atoms with E-state index < -0.39 is 21.6 Å². The van der Waals surface area contributed by atoms with Gasteiger partial charge in [0.1, 0.15) is 17.7 Å². The lowest BCUT2D eigenvalue weighted by Crippen LogP contribution is -2.35. The molecule has 0 bridgehead atoms. The molecule has 0 radical (unpaired) electrons. The van der Waals surface area contributed by atoms with Crippen molar-refractivity contribution in [2.75, 3.05) is 0 Å². The van der Waals surface area contributed by atoms with Gasteiger partial charge in [0.25, 0.3) is 5.56 Å². The predicted octanol–water partition coefficient (Wildman–Crippen LogP) is 1.50. The highest BCUT2D eigenvalue weighted by molar-refractivity contribution is 7.89. The first-order valence-corrected chi connectivity index (χ1v) is 9.90. The molecule has 1 atom stereocenters. The van der Waals surface area contributed by atoms with Gasteiger partial charge in [0, 0.05) is 6.04 Å². The molecule has 2 heterocycles. The Kier molecular flexibility index (Phi) is 5.61. The number of sulfonamides is 1. The smallest absolute Gasteiger partial charge is 0.266 e. The van der Waals surface area contributed by atoms with E-state index in [9.17, 15) is 13.2 Å². The molecule has 0 fully saturated rings. The topological polar surface area (TPSA) is 112 Å². The van der Waals surface area contributed by atoms with Crippen molar-refractivity contribution >= 4 is 33.2 Å². The predicted molar refractivity (Wildman–Crippen MR) is 99.7 cm³/mol. The van der Waals surface area contributed by atoms with E-state index in [0.29, 0.717) is 12.2 Å². The van der Waals surface area contributed by atoms with Crippen LogP contribution in [0.1, 0.15) is 6.92 Å². The molecule has 12 heteroatoms. The van der Waals surface area contributed by atoms with Crippen molar-refractivity contribution in [3.63, 3.8) is 0 Å². The van der Waals surface area contributed by atoms with Gasteiger partial charge in [-0.3, -0.25) is 9.48 Å². The zero-order valence-electron chi connectivity index (χ0n) is 14.0. The molecule has 0 saturated heterocycles. The number of hydrogen-bond acceptors (Lipinski definition) is 6. The van der Waals surface area contributed by atoms with Gasteiger partial charge >= 0.3 is 0 Å². The first kappa shape index (κ1) is 19.5. The van der Waals surface area contributed by atoms with Gasteiger partial charge in [-0.25, -0.2) is 18.1 Å². The van der Waals surface area contributed by atoms with Crippen LogP contribution >= 0.6 is 23.2 Å². The second-order valence-electron chi connectivity index (χ2n) is 5.66. The molecule has 1 unspecified atom stereocenters. The van der Waals surface area contributed by atoms with E-state index >= 15 is 0 Å². The Morgan fingerprint density at radius 3 is 2.52 bits per heavy atom. The molecule has 1 aromatic carbocycles. The Morgan fingerprint density at radius 2 is 1.89 bits per heavy atom. The fourth-order valence-corrected chi connectivity index (χ4v) is 3.83. The summed E-state index contributed by atoms with van der Waals surface area (Å²) in [4.78, 5) is 16.0. The first-order chi connectivity index (χ1) is 12.8. The third-order valence-electron chi connectivity index (χ3n) is 3.55. The molecule has 0 aliphatic carbocycles. The average molecular weight is 429 g/mol. The summed E-state index contributed by atoms with van der Waals surface area (Å²) in [7, 11) is -3.75. The van der Waals surface area contributed by atoms with E-state index in [1.54, 1.807) is 6.92 Å². The maximum Gasteiger partial charge on any atom is 0.291 e. The minimum absolute atomic E-state index is 0.0442. The SMILES string of the molecule is CC(Cn1cncn1)NS(=O)(=O)c1ccc(-n2ncc(Cl)c(Cl)c2=O)cc1. The van der Waals surface area contributed by atoms with E-state index in [2.05, 4.69) is 19.9 Å². The Balaban J connectivity index is 1.80. The van der Waals surface area contributed by atoms with E-state index in [1.165, 1.54) is 47.8 Å². The van der Waals surface area contributed by atoms with E-state index in [-0.39, 0.29) is 14.9 Å². The van der Waals surface area contributed by atoms with Crippen LogP contribution in [-0.4, -0.2) is 39.0 Å². The van der Waals surface area contributed by atoms with Crippen LogP contribution < -0.4 is 10.3 Å². The summed E-state index contributed by atoms with van der Waals surface area (Å²) >= 11 is 11.6. The lowest BCUT2D eigenvalue weighted by atomic mass is 10.3. The summed E-state index contributed by atoms with van der Waals surface area (Å²) < 4.78 is 30.1. The van der Waals surface area contributed by atoms with Gasteiger partial charge in [-0.2, -0.15) is 14.9 Å². The van der Waals surface area contributed by atoms with Crippen molar-refractivity contribution in [1.29, 1.82) is 0 Å². The summed E-state index contributed by atoms with van der Waals surface area (Å²) in [6.45, 7) is 2.05. The molecule has 0 amide bonds. The molecule has 0 spiro atoms. The molecule has 3 aromatic rings. The largest absolute Gasteiger partial charge is 0.291 e. The second kappa shape index (κ2) is 7.77. The van der Waals surface area contributed by atoms with Gasteiger partial charge in [0.05, 0.1) is 28.3 Å². The van der Waals surface area contributed by atoms with Crippen molar-refractivity contribution in [3.05, 3.63) is 63.5 Å². The van der Waals surface area contributed by atoms with Gasteiger partial charge < -0.3 is 0 Å². The van der Waals surface area contributed by atoms with Crippen molar-refractivity contribution in [3.8, 4) is 5.69 Å². The third kappa shape index (κ3) is 4.35. The van der Waals surface area contributed by atoms with Gasteiger partial charge in [0.15, 0.2) is 0 Å². The van der Waals surface area contributed by atoms with Crippen molar-refractivity contribution < 1.29 is 8.42 Å².